The predicted molar refractivity (Wildman–Crippen MR) is 466 cm³/mol. The van der Waals surface area contributed by atoms with Gasteiger partial charge in [-0.1, -0.05) is 162 Å². The molecule has 15 heterocycles. The molecular formula is C87H90F3N21O6S5. The number of aliphatic hydroxyl groups is 1. The van der Waals surface area contributed by atoms with Crippen LogP contribution < -0.4 is 27.8 Å². The van der Waals surface area contributed by atoms with Gasteiger partial charge in [0, 0.05) is 172 Å². The third kappa shape index (κ3) is 20.2. The van der Waals surface area contributed by atoms with Crippen molar-refractivity contribution >= 4 is 64.4 Å². The molecule has 0 amide bonds. The summed E-state index contributed by atoms with van der Waals surface area (Å²) >= 11 is 7.29. The van der Waals surface area contributed by atoms with Crippen LogP contribution >= 0.6 is 58.8 Å². The van der Waals surface area contributed by atoms with Gasteiger partial charge in [0.15, 0.2) is 25.8 Å². The summed E-state index contributed by atoms with van der Waals surface area (Å²) < 4.78 is 49.5. The summed E-state index contributed by atoms with van der Waals surface area (Å²) in [5.41, 5.74) is 4.26. The van der Waals surface area contributed by atoms with E-state index in [-0.39, 0.29) is 97.4 Å². The van der Waals surface area contributed by atoms with Crippen LogP contribution in [0.25, 0.3) is 61.9 Å². The first-order chi connectivity index (χ1) is 57.7. The Morgan fingerprint density at radius 1 is 0.475 bits per heavy atom. The maximum Gasteiger partial charge on any atom is 0.272 e. The van der Waals surface area contributed by atoms with Gasteiger partial charge in [0.1, 0.15) is 75.6 Å². The monoisotopic (exact) mass is 1740 g/mol. The average molecular weight is 1740 g/mol. The Balaban J connectivity index is 0.000000149. The third-order valence-electron chi connectivity index (χ3n) is 19.8. The van der Waals surface area contributed by atoms with Crippen LogP contribution in [0, 0.1) is 86.0 Å². The van der Waals surface area contributed by atoms with E-state index in [1.165, 1.54) is 73.5 Å². The Labute approximate surface area is 724 Å². The van der Waals surface area contributed by atoms with Gasteiger partial charge in [0.05, 0.1) is 52.2 Å². The molecule has 0 saturated heterocycles. The molecule has 1 N–H and O–H groups in total. The van der Waals surface area contributed by atoms with Gasteiger partial charge in [0.25, 0.3) is 27.8 Å². The zero-order chi connectivity index (χ0) is 88.8. The van der Waals surface area contributed by atoms with Crippen molar-refractivity contribution in [3.63, 3.8) is 0 Å². The molecule has 0 saturated carbocycles. The number of aromatic nitrogens is 16. The largest absolute Gasteiger partial charge is 0.396 e. The number of aliphatic hydroxyl groups excluding tert-OH is 1. The summed E-state index contributed by atoms with van der Waals surface area (Å²) in [6, 6.07) is 19.9. The lowest BCUT2D eigenvalue weighted by atomic mass is 9.90. The van der Waals surface area contributed by atoms with Crippen molar-refractivity contribution in [2.24, 2.45) is 17.8 Å². The molecule has 27 nitrogen and oxygen atoms in total. The highest BCUT2D eigenvalue weighted by molar-refractivity contribution is 8.00. The number of fused-ring (bicyclic) bond motifs is 5. The first kappa shape index (κ1) is 91.5. The fourth-order valence-electron chi connectivity index (χ4n) is 13.2. The Morgan fingerprint density at radius 2 is 0.869 bits per heavy atom. The first-order valence-corrected chi connectivity index (χ1v) is 43.9. The van der Waals surface area contributed by atoms with E-state index in [0.717, 1.165) is 41.3 Å². The molecule has 4 atom stereocenters. The van der Waals surface area contributed by atoms with Crippen molar-refractivity contribution in [1.29, 1.82) is 26.3 Å². The number of allylic oxidation sites excluding steroid dienone is 1. The number of halogens is 3. The number of alkyl halides is 1. The maximum absolute atomic E-state index is 14.5. The van der Waals surface area contributed by atoms with Gasteiger partial charge in [-0.05, 0) is 67.7 Å². The second-order valence-corrected chi connectivity index (χ2v) is 39.3. The SMILES string of the molecule is C=C(C)c1ccc(-c2nc3n(c(=O)c2C#N)CCCS3)cn1.CC(C)(C)c1ncc(-c2nc3n(c(=O)c2C#N)CC(CF)CS3)cn1.CC(C)(C)c1ncc(-c2nc3n(c(=O)c2C#N)CC(CO)CS3)cc1F.CC1CCn2c(nc(-c3ccc(C(C)(C)C)nc3)c(C#N)c2=O)S1.C[C@H]1CSc2nc(-c3cnc(C(C)(C)C)c(F)c3)c(C#N)c(=O)n2C1. The van der Waals surface area contributed by atoms with E-state index in [1.807, 2.05) is 131 Å². The molecule has 0 spiro atoms. The fourth-order valence-corrected chi connectivity index (χ4v) is 18.3. The minimum atomic E-state index is -0.495. The van der Waals surface area contributed by atoms with Gasteiger partial charge in [0.2, 0.25) is 0 Å². The van der Waals surface area contributed by atoms with Gasteiger partial charge >= 0.3 is 0 Å². The van der Waals surface area contributed by atoms with Gasteiger partial charge < -0.3 is 5.11 Å². The lowest BCUT2D eigenvalue weighted by Crippen LogP contribution is -2.34. The highest BCUT2D eigenvalue weighted by atomic mass is 32.2. The van der Waals surface area contributed by atoms with E-state index in [0.29, 0.717) is 131 Å². The summed E-state index contributed by atoms with van der Waals surface area (Å²) in [5, 5.41) is 59.8. The zero-order valence-electron chi connectivity index (χ0n) is 70.2. The van der Waals surface area contributed by atoms with Crippen molar-refractivity contribution in [1.82, 2.24) is 77.7 Å². The molecule has 3 unspecified atom stereocenters. The Kier molecular flexibility index (Phi) is 28.5. The minimum absolute atomic E-state index is 0.0358. The minimum Gasteiger partial charge on any atom is -0.396 e. The normalized spacial score (nSPS) is 16.3. The Morgan fingerprint density at radius 3 is 1.28 bits per heavy atom. The molecule has 0 radical (unpaired) electrons. The zero-order valence-corrected chi connectivity index (χ0v) is 74.3. The van der Waals surface area contributed by atoms with Crippen LogP contribution in [-0.4, -0.2) is 124 Å². The maximum atomic E-state index is 14.5. The van der Waals surface area contributed by atoms with E-state index < -0.39 is 40.3 Å². The number of nitriles is 5. The molecular weight excluding hydrogens is 1650 g/mol. The van der Waals surface area contributed by atoms with Crippen molar-refractivity contribution in [3.05, 3.63) is 200 Å². The molecule has 15 rings (SSSR count). The first-order valence-electron chi connectivity index (χ1n) is 39.1. The summed E-state index contributed by atoms with van der Waals surface area (Å²) in [7, 11) is 0. The third-order valence-corrected chi connectivity index (χ3v) is 25.8. The van der Waals surface area contributed by atoms with Crippen LogP contribution in [0.2, 0.25) is 0 Å². The van der Waals surface area contributed by atoms with Crippen LogP contribution in [0.4, 0.5) is 13.2 Å². The number of thioether (sulfide) groups is 5. The van der Waals surface area contributed by atoms with Crippen LogP contribution in [0.5, 0.6) is 0 Å². The van der Waals surface area contributed by atoms with Crippen LogP contribution in [-0.2, 0) is 54.4 Å². The quantitative estimate of drug-likeness (QED) is 0.138. The highest BCUT2D eigenvalue weighted by Gasteiger charge is 2.33. The van der Waals surface area contributed by atoms with Crippen molar-refractivity contribution < 1.29 is 18.3 Å². The van der Waals surface area contributed by atoms with Gasteiger partial charge in [-0.3, -0.25) is 71.1 Å². The lowest BCUT2D eigenvalue weighted by Gasteiger charge is -2.24. The van der Waals surface area contributed by atoms with E-state index >= 15 is 0 Å². The standard InChI is InChI=1S/C18H19FN4O2S.C18H19FN4OS.C18H20N4OS.C17H18FN5OS.C16H14N4OS/c1-18(2,3)15-13(19)4-11(6-21-15)14-12(5-20)16(25)23-7-10(8-24)9-26-17(23)22-14;1-10-8-23-16(24)12(6-20)14(22-17(23)25-9-10)11-5-13(19)15(21-7-11)18(2,3)4;1-11-7-8-22-16(23)13(9-19)15(21-17(22)24-11)12-5-6-14(20-10-12)18(2,3)4;1-17(2,3)15-20-6-11(7-21-15)13-12(5-19)14(24)23-8-10(4-18)9-25-16(23)22-13;1-10(2)13-5-4-11(9-18-13)14-12(8-17)15(21)20-6-3-7-22-16(20)19-14/h4,6,10,24H,7-9H2,1-3H3;5,7,10H,8-9H2,1-4H3;5-6,10-11H,7-8H2,1-4H3;6-7,10H,4,8-9H2,1-3H3;4-5,9H,1,3,6-7H2,2H3/t;10-;;;/m.1.../s1. The van der Waals surface area contributed by atoms with Crippen molar-refractivity contribution in [2.75, 3.05) is 36.3 Å². The van der Waals surface area contributed by atoms with E-state index in [4.69, 9.17) is 0 Å². The van der Waals surface area contributed by atoms with Gasteiger partial charge in [-0.25, -0.2) is 43.7 Å². The molecule has 35 heteroatoms. The predicted octanol–water partition coefficient (Wildman–Crippen LogP) is 14.3. The molecule has 10 aromatic rings. The lowest BCUT2D eigenvalue weighted by molar-refractivity contribution is 0.217. The second-order valence-electron chi connectivity index (χ2n) is 33.9. The number of nitrogens with zero attached hydrogens (tertiary/aromatic N) is 21. The molecule has 0 aliphatic carbocycles. The average Bonchev–Trinajstić information content (AvgIpc) is 0.780. The van der Waals surface area contributed by atoms with E-state index in [2.05, 4.69) is 89.1 Å². The highest BCUT2D eigenvalue weighted by Crippen LogP contribution is 2.37. The molecule has 0 bridgehead atoms. The number of hydrogen-bond donors (Lipinski definition) is 1. The topological polar surface area (TPSA) is 391 Å². The summed E-state index contributed by atoms with van der Waals surface area (Å²) in [4.78, 5) is 112. The second kappa shape index (κ2) is 38.0. The van der Waals surface area contributed by atoms with Crippen LogP contribution in [0.3, 0.4) is 0 Å². The van der Waals surface area contributed by atoms with Crippen LogP contribution in [0.1, 0.15) is 173 Å². The van der Waals surface area contributed by atoms with Crippen molar-refractivity contribution in [3.8, 4) is 86.6 Å². The number of hydrogen-bond acceptors (Lipinski definition) is 27. The molecule has 630 valence electrons. The molecule has 0 aromatic carbocycles. The summed E-state index contributed by atoms with van der Waals surface area (Å²) in [5.74, 6) is 2.74. The Hall–Kier alpha value is -11.2. The van der Waals surface area contributed by atoms with Crippen molar-refractivity contribution in [2.45, 2.75) is 202 Å². The number of pyridine rings is 4. The molecule has 0 fully saturated rings. The molecule has 122 heavy (non-hydrogen) atoms. The summed E-state index contributed by atoms with van der Waals surface area (Å²) in [6.45, 7) is 35.2. The fraction of sp³-hybridized carbons (Fsp3) is 0.414. The van der Waals surface area contributed by atoms with Gasteiger partial charge in [-0.15, -0.1) is 0 Å². The van der Waals surface area contributed by atoms with E-state index in [9.17, 15) is 68.6 Å². The molecule has 5 aliphatic rings. The van der Waals surface area contributed by atoms with E-state index in [1.54, 1.807) is 57.4 Å². The Bertz CT molecular complexity index is 6270. The van der Waals surface area contributed by atoms with Crippen LogP contribution in [0.15, 0.2) is 130 Å². The number of rotatable bonds is 8. The van der Waals surface area contributed by atoms with Gasteiger partial charge in [-0.2, -0.15) is 26.3 Å². The smallest absolute Gasteiger partial charge is 0.272 e. The summed E-state index contributed by atoms with van der Waals surface area (Å²) in [6.07, 6.45) is 11.3. The molecule has 5 aliphatic heterocycles. The molecule has 10 aromatic heterocycles.